The predicted octanol–water partition coefficient (Wildman–Crippen LogP) is -0.127. The summed E-state index contributed by atoms with van der Waals surface area (Å²) in [6.07, 6.45) is 2.38. The van der Waals surface area contributed by atoms with Crippen LogP contribution in [0, 0.1) is 5.92 Å². The van der Waals surface area contributed by atoms with E-state index >= 15 is 0 Å². The summed E-state index contributed by atoms with van der Waals surface area (Å²) in [5.41, 5.74) is 0. The summed E-state index contributed by atoms with van der Waals surface area (Å²) in [6.45, 7) is 2.69. The first kappa shape index (κ1) is 7.10. The summed E-state index contributed by atoms with van der Waals surface area (Å²) in [7, 11) is 0. The fourth-order valence-corrected chi connectivity index (χ4v) is 2.27. The van der Waals surface area contributed by atoms with Crippen LogP contribution in [0.5, 0.6) is 0 Å². The average Bonchev–Trinajstić information content (AvgIpc) is 2.45. The third kappa shape index (κ3) is 1.25. The molecular weight excluding hydrogens is 140 g/mol. The van der Waals surface area contributed by atoms with Gasteiger partial charge in [0.2, 0.25) is 5.91 Å². The molecule has 3 nitrogen and oxygen atoms in total. The molecule has 0 aromatic carbocycles. The Bertz CT molecular complexity index is 181. The smallest absolute Gasteiger partial charge is 0.217 e. The van der Waals surface area contributed by atoms with Gasteiger partial charge in [0.1, 0.15) is 0 Å². The number of amides is 1. The minimum atomic E-state index is 0.113. The number of piperidine rings is 1. The lowest BCUT2D eigenvalue weighted by atomic mass is 10.0. The van der Waals surface area contributed by atoms with Crippen LogP contribution in [0.25, 0.3) is 0 Å². The number of rotatable bonds is 1. The van der Waals surface area contributed by atoms with E-state index < -0.39 is 0 Å². The minimum Gasteiger partial charge on any atom is -0.353 e. The molecule has 1 amide bonds. The van der Waals surface area contributed by atoms with E-state index in [4.69, 9.17) is 0 Å². The molecule has 1 aliphatic heterocycles. The van der Waals surface area contributed by atoms with E-state index in [9.17, 15) is 4.79 Å². The quantitative estimate of drug-likeness (QED) is 0.552. The standard InChI is InChI=1S/C8H14N2O/c1-5(11)10-8-3-7-2-6(8)4-9-7/h6-9H,2-4H2,1H3,(H,10,11)/t6?,7?,8-/m0/s1. The molecule has 0 spiro atoms. The van der Waals surface area contributed by atoms with Crippen LogP contribution in [0.15, 0.2) is 0 Å². The molecule has 1 saturated heterocycles. The monoisotopic (exact) mass is 154 g/mol. The number of hydrogen-bond acceptors (Lipinski definition) is 2. The molecule has 1 heterocycles. The van der Waals surface area contributed by atoms with Crippen molar-refractivity contribution in [2.45, 2.75) is 31.8 Å². The summed E-state index contributed by atoms with van der Waals surface area (Å²) >= 11 is 0. The maximum Gasteiger partial charge on any atom is 0.217 e. The number of fused-ring (bicyclic) bond motifs is 2. The van der Waals surface area contributed by atoms with Gasteiger partial charge in [-0.15, -0.1) is 0 Å². The van der Waals surface area contributed by atoms with Crippen molar-refractivity contribution in [1.82, 2.24) is 10.6 Å². The van der Waals surface area contributed by atoms with Crippen molar-refractivity contribution in [3.63, 3.8) is 0 Å². The molecule has 62 valence electrons. The summed E-state index contributed by atoms with van der Waals surface area (Å²) in [6, 6.07) is 1.13. The largest absolute Gasteiger partial charge is 0.353 e. The van der Waals surface area contributed by atoms with E-state index in [1.807, 2.05) is 0 Å². The molecule has 2 rings (SSSR count). The first-order valence-electron chi connectivity index (χ1n) is 4.26. The molecule has 2 N–H and O–H groups in total. The number of carbonyl (C=O) groups is 1. The zero-order valence-electron chi connectivity index (χ0n) is 6.76. The fourth-order valence-electron chi connectivity index (χ4n) is 2.27. The third-order valence-corrected chi connectivity index (χ3v) is 2.75. The van der Waals surface area contributed by atoms with Crippen molar-refractivity contribution < 1.29 is 4.79 Å². The van der Waals surface area contributed by atoms with Crippen LogP contribution in [0.1, 0.15) is 19.8 Å². The summed E-state index contributed by atoms with van der Waals surface area (Å²) < 4.78 is 0. The van der Waals surface area contributed by atoms with Crippen LogP contribution in [-0.2, 0) is 4.79 Å². The van der Waals surface area contributed by atoms with Gasteiger partial charge in [0.25, 0.3) is 0 Å². The molecular formula is C8H14N2O. The first-order chi connectivity index (χ1) is 5.25. The van der Waals surface area contributed by atoms with E-state index in [1.54, 1.807) is 6.92 Å². The lowest BCUT2D eigenvalue weighted by Gasteiger charge is -2.22. The highest BCUT2D eigenvalue weighted by atomic mass is 16.1. The highest BCUT2D eigenvalue weighted by Gasteiger charge is 2.39. The second-order valence-electron chi connectivity index (χ2n) is 3.64. The van der Waals surface area contributed by atoms with Crippen molar-refractivity contribution in [2.24, 2.45) is 5.92 Å². The molecule has 0 aromatic rings. The highest BCUT2D eigenvalue weighted by molar-refractivity contribution is 5.73. The zero-order valence-corrected chi connectivity index (χ0v) is 6.76. The van der Waals surface area contributed by atoms with E-state index in [0.717, 1.165) is 13.0 Å². The Balaban J connectivity index is 1.92. The number of carbonyl (C=O) groups excluding carboxylic acids is 1. The summed E-state index contributed by atoms with van der Waals surface area (Å²) in [5.74, 6) is 0.812. The number of nitrogens with one attached hydrogen (secondary N) is 2. The van der Waals surface area contributed by atoms with Gasteiger partial charge >= 0.3 is 0 Å². The van der Waals surface area contributed by atoms with Crippen LogP contribution >= 0.6 is 0 Å². The fraction of sp³-hybridized carbons (Fsp3) is 0.875. The topological polar surface area (TPSA) is 41.1 Å². The normalized spacial score (nSPS) is 41.0. The molecule has 2 unspecified atom stereocenters. The Labute approximate surface area is 66.5 Å². The molecule has 3 heteroatoms. The summed E-state index contributed by atoms with van der Waals surface area (Å²) in [4.78, 5) is 10.7. The SMILES string of the molecule is CC(=O)N[C@H]1CC2CC1CN2. The van der Waals surface area contributed by atoms with Crippen LogP contribution in [0.3, 0.4) is 0 Å². The lowest BCUT2D eigenvalue weighted by Crippen LogP contribution is -2.43. The van der Waals surface area contributed by atoms with E-state index in [2.05, 4.69) is 10.6 Å². The first-order valence-corrected chi connectivity index (χ1v) is 4.26. The Morgan fingerprint density at radius 1 is 1.55 bits per heavy atom. The average molecular weight is 154 g/mol. The second-order valence-corrected chi connectivity index (χ2v) is 3.64. The Morgan fingerprint density at radius 2 is 2.36 bits per heavy atom. The molecule has 2 fully saturated rings. The van der Waals surface area contributed by atoms with Gasteiger partial charge in [0, 0.05) is 25.6 Å². The van der Waals surface area contributed by atoms with Gasteiger partial charge in [-0.1, -0.05) is 0 Å². The molecule has 2 aliphatic rings. The molecule has 3 atom stereocenters. The van der Waals surface area contributed by atoms with Crippen LogP contribution in [-0.4, -0.2) is 24.5 Å². The molecule has 1 saturated carbocycles. The predicted molar refractivity (Wildman–Crippen MR) is 42.1 cm³/mol. The maximum absolute atomic E-state index is 10.7. The van der Waals surface area contributed by atoms with Crippen molar-refractivity contribution in [2.75, 3.05) is 6.54 Å². The molecule has 11 heavy (non-hydrogen) atoms. The van der Waals surface area contributed by atoms with Crippen LogP contribution in [0.2, 0.25) is 0 Å². The van der Waals surface area contributed by atoms with Crippen LogP contribution < -0.4 is 10.6 Å². The molecule has 1 aliphatic carbocycles. The summed E-state index contributed by atoms with van der Waals surface area (Å²) in [5, 5.41) is 6.40. The molecule has 0 radical (unpaired) electrons. The lowest BCUT2D eigenvalue weighted by molar-refractivity contribution is -0.119. The number of hydrogen-bond donors (Lipinski definition) is 2. The molecule has 2 bridgehead atoms. The Hall–Kier alpha value is -0.570. The maximum atomic E-state index is 10.7. The van der Waals surface area contributed by atoms with E-state index in [1.165, 1.54) is 6.42 Å². The van der Waals surface area contributed by atoms with Gasteiger partial charge < -0.3 is 10.6 Å². The van der Waals surface area contributed by atoms with Gasteiger partial charge in [-0.05, 0) is 18.8 Å². The van der Waals surface area contributed by atoms with Gasteiger partial charge in [-0.25, -0.2) is 0 Å². The van der Waals surface area contributed by atoms with Gasteiger partial charge in [0.05, 0.1) is 0 Å². The zero-order chi connectivity index (χ0) is 7.84. The van der Waals surface area contributed by atoms with Crippen LogP contribution in [0.4, 0.5) is 0 Å². The second kappa shape index (κ2) is 2.48. The minimum absolute atomic E-state index is 0.113. The Morgan fingerprint density at radius 3 is 2.82 bits per heavy atom. The van der Waals surface area contributed by atoms with Gasteiger partial charge in [0.15, 0.2) is 0 Å². The van der Waals surface area contributed by atoms with Crippen molar-refractivity contribution in [3.05, 3.63) is 0 Å². The van der Waals surface area contributed by atoms with Crippen molar-refractivity contribution >= 4 is 5.91 Å². The van der Waals surface area contributed by atoms with E-state index in [0.29, 0.717) is 18.0 Å². The van der Waals surface area contributed by atoms with Crippen molar-refractivity contribution in [1.29, 1.82) is 0 Å². The van der Waals surface area contributed by atoms with Gasteiger partial charge in [-0.2, -0.15) is 0 Å². The third-order valence-electron chi connectivity index (χ3n) is 2.75. The van der Waals surface area contributed by atoms with Gasteiger partial charge in [-0.3, -0.25) is 4.79 Å². The van der Waals surface area contributed by atoms with Crippen molar-refractivity contribution in [3.8, 4) is 0 Å². The molecule has 0 aromatic heterocycles. The Kier molecular flexibility index (Phi) is 1.60. The van der Waals surface area contributed by atoms with E-state index in [-0.39, 0.29) is 5.91 Å². The highest BCUT2D eigenvalue weighted by Crippen LogP contribution is 2.30.